The molecule has 0 spiro atoms. The van der Waals surface area contributed by atoms with Crippen LogP contribution in [-0.2, 0) is 16.0 Å². The van der Waals surface area contributed by atoms with Gasteiger partial charge in [-0.15, -0.1) is 0 Å². The van der Waals surface area contributed by atoms with Gasteiger partial charge in [0.25, 0.3) is 0 Å². The van der Waals surface area contributed by atoms with E-state index < -0.39 is 0 Å². The topological polar surface area (TPSA) is 47.6 Å². The largest absolute Gasteiger partial charge is 1.00 e. The molecule has 0 bridgehead atoms. The second kappa shape index (κ2) is 7.91. The van der Waals surface area contributed by atoms with E-state index in [1.165, 1.54) is 10.4 Å². The third-order valence-corrected chi connectivity index (χ3v) is 1.88. The molecule has 0 aliphatic rings. The molecule has 0 radical (unpaired) electrons. The zero-order valence-electron chi connectivity index (χ0n) is 8.12. The molecule has 4 heteroatoms. The van der Waals surface area contributed by atoms with E-state index in [0.717, 1.165) is 5.39 Å². The van der Waals surface area contributed by atoms with E-state index in [9.17, 15) is 0 Å². The van der Waals surface area contributed by atoms with Crippen LogP contribution < -0.4 is 17.0 Å². The Bertz CT molecular complexity index is 540. The van der Waals surface area contributed by atoms with Gasteiger partial charge < -0.3 is 17.0 Å². The summed E-state index contributed by atoms with van der Waals surface area (Å²) >= 11 is 3.81. The van der Waals surface area contributed by atoms with Gasteiger partial charge in [-0.3, -0.25) is 0 Å². The molecule has 0 heterocycles. The van der Waals surface area contributed by atoms with Crippen molar-refractivity contribution in [1.29, 1.82) is 10.5 Å². The Balaban J connectivity index is 0.000000511. The molecule has 16 heavy (non-hydrogen) atoms. The van der Waals surface area contributed by atoms with Crippen LogP contribution in [0.5, 0.6) is 0 Å². The molecule has 2 aromatic carbocycles. The number of fused-ring (bicyclic) bond motifs is 1. The van der Waals surface area contributed by atoms with Gasteiger partial charge in [0.05, 0.1) is 11.6 Å². The molecule has 0 N–H and O–H groups in total. The van der Waals surface area contributed by atoms with Crippen molar-refractivity contribution in [3.8, 4) is 11.0 Å². The molecular formula is C12H7BrCuN2. The van der Waals surface area contributed by atoms with E-state index >= 15 is 0 Å². The second-order valence-corrected chi connectivity index (χ2v) is 2.95. The Hall–Kier alpha value is -1.32. The first-order chi connectivity index (χ1) is 7.31. The van der Waals surface area contributed by atoms with Crippen LogP contribution in [0.4, 0.5) is 0 Å². The van der Waals surface area contributed by atoms with Crippen LogP contribution in [0, 0.1) is 21.6 Å². The minimum absolute atomic E-state index is 0. The van der Waals surface area contributed by atoms with Crippen molar-refractivity contribution < 1.29 is 33.0 Å². The maximum atomic E-state index is 8.65. The number of halogens is 1. The normalized spacial score (nSPS) is 7.75. The van der Waals surface area contributed by atoms with Gasteiger partial charge in [-0.1, -0.05) is 30.3 Å². The monoisotopic (exact) mass is 321 g/mol. The first-order valence-electron chi connectivity index (χ1n) is 4.16. The van der Waals surface area contributed by atoms with Gasteiger partial charge in [0.2, 0.25) is 0 Å². The summed E-state index contributed by atoms with van der Waals surface area (Å²) in [7, 11) is 0. The Kier molecular flexibility index (Phi) is 7.25. The fourth-order valence-corrected chi connectivity index (χ4v) is 1.26. The molecule has 0 atom stereocenters. The van der Waals surface area contributed by atoms with Crippen LogP contribution in [0.2, 0.25) is 0 Å². The molecule has 0 aromatic heterocycles. The molecule has 83 valence electrons. The standard InChI is InChI=1S/C11H7N.CN.BrH.Cu/c12-8-9-5-6-10-3-1-2-4-11(10)7-9;1-2;;/h1-7H;;1H;/q;;;+1/p-1. The molecule has 0 amide bonds. The summed E-state index contributed by atoms with van der Waals surface area (Å²) in [6, 6.07) is 15.8. The minimum Gasteiger partial charge on any atom is -1.00 e. The van der Waals surface area contributed by atoms with Crippen LogP contribution in [0.25, 0.3) is 10.8 Å². The fraction of sp³-hybridized carbons (Fsp3) is 0. The van der Waals surface area contributed by atoms with Crippen LogP contribution >= 0.6 is 0 Å². The number of rotatable bonds is 0. The van der Waals surface area contributed by atoms with E-state index in [1.807, 2.05) is 42.5 Å². The van der Waals surface area contributed by atoms with Gasteiger partial charge in [-0.05, 0) is 22.9 Å². The zero-order valence-corrected chi connectivity index (χ0v) is 10.6. The van der Waals surface area contributed by atoms with Gasteiger partial charge in [-0.25, -0.2) is 0 Å². The maximum absolute atomic E-state index is 8.65. The average Bonchev–Trinajstić information content (AvgIpc) is 2.29. The van der Waals surface area contributed by atoms with Gasteiger partial charge in [0.1, 0.15) is 0 Å². The van der Waals surface area contributed by atoms with Crippen molar-refractivity contribution in [3.63, 3.8) is 0 Å². The maximum Gasteiger partial charge on any atom is -1.00 e. The minimum atomic E-state index is 0. The van der Waals surface area contributed by atoms with Gasteiger partial charge >= 0.3 is 26.2 Å². The molecule has 0 saturated carbocycles. The van der Waals surface area contributed by atoms with Gasteiger partial charge in [0.15, 0.2) is 0 Å². The molecule has 2 aromatic rings. The molecule has 0 fully saturated rings. The Morgan fingerprint density at radius 1 is 0.938 bits per heavy atom. The van der Waals surface area contributed by atoms with Crippen LogP contribution in [0.15, 0.2) is 42.5 Å². The molecule has 2 rings (SSSR count). The fourth-order valence-electron chi connectivity index (χ4n) is 1.26. The van der Waals surface area contributed by atoms with Crippen LogP contribution in [0.1, 0.15) is 5.56 Å². The van der Waals surface area contributed by atoms with Crippen molar-refractivity contribution in [1.82, 2.24) is 0 Å². The van der Waals surface area contributed by atoms with Crippen LogP contribution in [-0.4, -0.2) is 0 Å². The summed E-state index contributed by atoms with van der Waals surface area (Å²) in [5.74, 6) is 0. The van der Waals surface area contributed by atoms with E-state index in [-0.39, 0.29) is 17.0 Å². The van der Waals surface area contributed by atoms with Crippen molar-refractivity contribution in [2.24, 2.45) is 0 Å². The number of nitriles is 2. The van der Waals surface area contributed by atoms with E-state index in [2.05, 4.69) is 22.1 Å². The molecule has 0 unspecified atom stereocenters. The Morgan fingerprint density at radius 3 is 2.06 bits per heavy atom. The third kappa shape index (κ3) is 4.04. The van der Waals surface area contributed by atoms with Crippen LogP contribution in [0.3, 0.4) is 0 Å². The van der Waals surface area contributed by atoms with E-state index in [4.69, 9.17) is 10.5 Å². The van der Waals surface area contributed by atoms with E-state index in [1.54, 1.807) is 0 Å². The number of benzene rings is 2. The predicted molar refractivity (Wildman–Crippen MR) is 54.3 cm³/mol. The number of hydrogen-bond donors (Lipinski definition) is 0. The molecule has 0 aliphatic carbocycles. The molecule has 0 aliphatic heterocycles. The quantitative estimate of drug-likeness (QED) is 0.627. The van der Waals surface area contributed by atoms with Gasteiger partial charge in [0, 0.05) is 0 Å². The van der Waals surface area contributed by atoms with Crippen molar-refractivity contribution >= 4 is 10.8 Å². The van der Waals surface area contributed by atoms with Crippen molar-refractivity contribution in [2.45, 2.75) is 0 Å². The van der Waals surface area contributed by atoms with Crippen molar-refractivity contribution in [2.75, 3.05) is 0 Å². The first-order valence-corrected chi connectivity index (χ1v) is 4.63. The summed E-state index contributed by atoms with van der Waals surface area (Å²) in [5, 5.41) is 18.1. The summed E-state index contributed by atoms with van der Waals surface area (Å²) in [6.45, 7) is 0. The summed E-state index contributed by atoms with van der Waals surface area (Å²) in [5.41, 5.74) is 0.716. The second-order valence-electron chi connectivity index (χ2n) is 2.74. The van der Waals surface area contributed by atoms with Gasteiger partial charge in [-0.2, -0.15) is 5.26 Å². The Labute approximate surface area is 113 Å². The Morgan fingerprint density at radius 2 is 1.50 bits per heavy atom. The number of nitrogens with zero attached hydrogens (tertiary/aromatic N) is 2. The molecule has 0 saturated heterocycles. The SMILES string of the molecule is N#Cc1ccc2ccccc2c1.N#[C][Cu+].[Br-]. The zero-order chi connectivity index (χ0) is 11.1. The smallest absolute Gasteiger partial charge is 1.00 e. The predicted octanol–water partition coefficient (Wildman–Crippen LogP) is -0.270. The summed E-state index contributed by atoms with van der Waals surface area (Å²) < 4.78 is 0. The molecular weight excluding hydrogens is 316 g/mol. The van der Waals surface area contributed by atoms with E-state index in [0.29, 0.717) is 5.56 Å². The summed E-state index contributed by atoms with van der Waals surface area (Å²) in [4.78, 5) is 1.31. The summed E-state index contributed by atoms with van der Waals surface area (Å²) in [6.07, 6.45) is 0. The average molecular weight is 323 g/mol. The first kappa shape index (κ1) is 14.7. The third-order valence-electron chi connectivity index (χ3n) is 1.88. The number of hydrogen-bond acceptors (Lipinski definition) is 2. The molecule has 2 nitrogen and oxygen atoms in total. The van der Waals surface area contributed by atoms with Crippen molar-refractivity contribution in [3.05, 3.63) is 48.0 Å².